The second kappa shape index (κ2) is 6.21. The van der Waals surface area contributed by atoms with Crippen molar-refractivity contribution in [2.75, 3.05) is 13.1 Å². The molecule has 0 aromatic rings. The molecular formula is C12H25N3O. The minimum atomic E-state index is -0.0359. The highest BCUT2D eigenvalue weighted by Gasteiger charge is 2.32. The van der Waals surface area contributed by atoms with Crippen LogP contribution in [0.5, 0.6) is 0 Å². The first-order chi connectivity index (χ1) is 7.60. The summed E-state index contributed by atoms with van der Waals surface area (Å²) in [4.78, 5) is 14.0. The Bertz CT molecular complexity index is 230. The molecule has 0 bridgehead atoms. The standard InChI is InChI=1S/C12H25N3O/c1-4-5-11(12(16)14-13)15-7-6-10(8-15)9(2)3/h9-11H,4-8,13H2,1-3H3,(H,14,16). The van der Waals surface area contributed by atoms with Crippen LogP contribution in [0.25, 0.3) is 0 Å². The molecule has 1 aliphatic heterocycles. The largest absolute Gasteiger partial charge is 0.293 e. The monoisotopic (exact) mass is 227 g/mol. The van der Waals surface area contributed by atoms with Gasteiger partial charge in [0.1, 0.15) is 0 Å². The number of hydrogen-bond acceptors (Lipinski definition) is 3. The summed E-state index contributed by atoms with van der Waals surface area (Å²) < 4.78 is 0. The highest BCUT2D eigenvalue weighted by atomic mass is 16.2. The van der Waals surface area contributed by atoms with E-state index < -0.39 is 0 Å². The molecule has 1 fully saturated rings. The van der Waals surface area contributed by atoms with Gasteiger partial charge < -0.3 is 0 Å². The molecule has 0 aromatic carbocycles. The number of nitrogens with zero attached hydrogens (tertiary/aromatic N) is 1. The van der Waals surface area contributed by atoms with Gasteiger partial charge in [-0.25, -0.2) is 5.84 Å². The van der Waals surface area contributed by atoms with Crippen LogP contribution >= 0.6 is 0 Å². The fourth-order valence-corrected chi connectivity index (χ4v) is 2.49. The molecule has 4 heteroatoms. The molecule has 1 amide bonds. The van der Waals surface area contributed by atoms with Gasteiger partial charge in [-0.3, -0.25) is 15.1 Å². The molecule has 0 saturated carbocycles. The Balaban J connectivity index is 2.56. The number of hydrazine groups is 1. The first-order valence-corrected chi connectivity index (χ1v) is 6.34. The van der Waals surface area contributed by atoms with E-state index >= 15 is 0 Å². The van der Waals surface area contributed by atoms with Crippen molar-refractivity contribution in [1.82, 2.24) is 10.3 Å². The van der Waals surface area contributed by atoms with Crippen molar-refractivity contribution in [3.05, 3.63) is 0 Å². The van der Waals surface area contributed by atoms with Gasteiger partial charge in [-0.15, -0.1) is 0 Å². The number of nitrogens with one attached hydrogen (secondary N) is 1. The molecule has 0 radical (unpaired) electrons. The molecule has 0 aliphatic carbocycles. The lowest BCUT2D eigenvalue weighted by molar-refractivity contribution is -0.126. The molecule has 0 aromatic heterocycles. The predicted octanol–water partition coefficient (Wildman–Crippen LogP) is 1.12. The van der Waals surface area contributed by atoms with Gasteiger partial charge in [-0.2, -0.15) is 0 Å². The zero-order chi connectivity index (χ0) is 12.1. The molecule has 2 unspecified atom stereocenters. The van der Waals surface area contributed by atoms with Gasteiger partial charge in [0.15, 0.2) is 0 Å². The first-order valence-electron chi connectivity index (χ1n) is 6.34. The van der Waals surface area contributed by atoms with Gasteiger partial charge in [-0.05, 0) is 31.2 Å². The predicted molar refractivity (Wildman–Crippen MR) is 65.5 cm³/mol. The summed E-state index contributed by atoms with van der Waals surface area (Å²) in [7, 11) is 0. The number of carbonyl (C=O) groups is 1. The molecule has 94 valence electrons. The van der Waals surface area contributed by atoms with Gasteiger partial charge in [-0.1, -0.05) is 27.2 Å². The van der Waals surface area contributed by atoms with Gasteiger partial charge in [0.25, 0.3) is 5.91 Å². The minimum absolute atomic E-state index is 0.0289. The van der Waals surface area contributed by atoms with Crippen molar-refractivity contribution in [1.29, 1.82) is 0 Å². The first kappa shape index (κ1) is 13.5. The summed E-state index contributed by atoms with van der Waals surface area (Å²) in [6.07, 6.45) is 3.12. The Morgan fingerprint density at radius 3 is 2.69 bits per heavy atom. The fraction of sp³-hybridized carbons (Fsp3) is 0.917. The Kier molecular flexibility index (Phi) is 5.22. The van der Waals surface area contributed by atoms with E-state index in [4.69, 9.17) is 5.84 Å². The van der Waals surface area contributed by atoms with Crippen LogP contribution in [0.15, 0.2) is 0 Å². The van der Waals surface area contributed by atoms with E-state index in [0.29, 0.717) is 5.92 Å². The van der Waals surface area contributed by atoms with Gasteiger partial charge in [0.2, 0.25) is 0 Å². The SMILES string of the molecule is CCCC(C(=O)NN)N1CCC(C(C)C)C1. The third kappa shape index (κ3) is 3.19. The van der Waals surface area contributed by atoms with Crippen molar-refractivity contribution < 1.29 is 4.79 Å². The summed E-state index contributed by atoms with van der Waals surface area (Å²) in [5.74, 6) is 6.63. The number of rotatable bonds is 5. The summed E-state index contributed by atoms with van der Waals surface area (Å²) in [5, 5.41) is 0. The lowest BCUT2D eigenvalue weighted by atomic mass is 9.95. The van der Waals surface area contributed by atoms with Crippen molar-refractivity contribution in [2.24, 2.45) is 17.7 Å². The molecule has 16 heavy (non-hydrogen) atoms. The summed E-state index contributed by atoms with van der Waals surface area (Å²) in [5.41, 5.74) is 2.29. The van der Waals surface area contributed by atoms with E-state index in [1.54, 1.807) is 0 Å². The lowest BCUT2D eigenvalue weighted by Crippen LogP contribution is -2.48. The third-order valence-electron chi connectivity index (χ3n) is 3.65. The molecule has 1 heterocycles. The second-order valence-electron chi connectivity index (χ2n) is 5.10. The maximum atomic E-state index is 11.7. The normalized spacial score (nSPS) is 23.7. The smallest absolute Gasteiger partial charge is 0.251 e. The van der Waals surface area contributed by atoms with Crippen LogP contribution in [-0.4, -0.2) is 29.9 Å². The molecule has 4 nitrogen and oxygen atoms in total. The van der Waals surface area contributed by atoms with Crippen molar-refractivity contribution in [3.63, 3.8) is 0 Å². The van der Waals surface area contributed by atoms with E-state index in [2.05, 4.69) is 31.1 Å². The Morgan fingerprint density at radius 1 is 1.56 bits per heavy atom. The third-order valence-corrected chi connectivity index (χ3v) is 3.65. The van der Waals surface area contributed by atoms with Gasteiger partial charge >= 0.3 is 0 Å². The van der Waals surface area contributed by atoms with Crippen molar-refractivity contribution >= 4 is 5.91 Å². The molecule has 2 atom stereocenters. The molecule has 1 aliphatic rings. The molecule has 3 N–H and O–H groups in total. The number of amides is 1. The fourth-order valence-electron chi connectivity index (χ4n) is 2.49. The Morgan fingerprint density at radius 2 is 2.25 bits per heavy atom. The molecule has 0 spiro atoms. The number of nitrogens with two attached hydrogens (primary N) is 1. The zero-order valence-electron chi connectivity index (χ0n) is 10.7. The van der Waals surface area contributed by atoms with E-state index in [1.165, 1.54) is 6.42 Å². The average molecular weight is 227 g/mol. The lowest BCUT2D eigenvalue weighted by Gasteiger charge is -2.26. The topological polar surface area (TPSA) is 58.4 Å². The van der Waals surface area contributed by atoms with Crippen LogP contribution in [0.1, 0.15) is 40.0 Å². The molecular weight excluding hydrogens is 202 g/mol. The minimum Gasteiger partial charge on any atom is -0.293 e. The zero-order valence-corrected chi connectivity index (χ0v) is 10.7. The van der Waals surface area contributed by atoms with E-state index in [0.717, 1.165) is 31.8 Å². The summed E-state index contributed by atoms with van der Waals surface area (Å²) >= 11 is 0. The average Bonchev–Trinajstić information content (AvgIpc) is 2.74. The van der Waals surface area contributed by atoms with Gasteiger partial charge in [0.05, 0.1) is 6.04 Å². The maximum Gasteiger partial charge on any atom is 0.251 e. The Labute approximate surface area is 98.5 Å². The maximum absolute atomic E-state index is 11.7. The summed E-state index contributed by atoms with van der Waals surface area (Å²) in [6, 6.07) is -0.0289. The van der Waals surface area contributed by atoms with E-state index in [9.17, 15) is 4.79 Å². The van der Waals surface area contributed by atoms with Crippen molar-refractivity contribution in [3.8, 4) is 0 Å². The van der Waals surface area contributed by atoms with Crippen LogP contribution < -0.4 is 11.3 Å². The van der Waals surface area contributed by atoms with Crippen molar-refractivity contribution in [2.45, 2.75) is 46.1 Å². The van der Waals surface area contributed by atoms with E-state index in [1.807, 2.05) is 0 Å². The highest BCUT2D eigenvalue weighted by Crippen LogP contribution is 2.26. The van der Waals surface area contributed by atoms with Crippen LogP contribution in [0.2, 0.25) is 0 Å². The quantitative estimate of drug-likeness (QED) is 0.420. The number of likely N-dealkylation sites (tertiary alicyclic amines) is 1. The van der Waals surface area contributed by atoms with Crippen LogP contribution in [-0.2, 0) is 4.79 Å². The van der Waals surface area contributed by atoms with Crippen LogP contribution in [0, 0.1) is 11.8 Å². The molecule has 1 saturated heterocycles. The van der Waals surface area contributed by atoms with Gasteiger partial charge in [0, 0.05) is 6.54 Å². The second-order valence-corrected chi connectivity index (χ2v) is 5.10. The highest BCUT2D eigenvalue weighted by molar-refractivity contribution is 5.81. The summed E-state index contributed by atoms with van der Waals surface area (Å²) in [6.45, 7) is 8.68. The number of hydrogen-bond donors (Lipinski definition) is 2. The molecule has 1 rings (SSSR count). The Hall–Kier alpha value is -0.610. The van der Waals surface area contributed by atoms with E-state index in [-0.39, 0.29) is 11.9 Å². The van der Waals surface area contributed by atoms with Crippen LogP contribution in [0.3, 0.4) is 0 Å². The number of carbonyl (C=O) groups excluding carboxylic acids is 1. The van der Waals surface area contributed by atoms with Crippen LogP contribution in [0.4, 0.5) is 0 Å².